The first-order valence-electron chi connectivity index (χ1n) is 7.22. The van der Waals surface area contributed by atoms with Crippen molar-refractivity contribution in [3.8, 4) is 0 Å². The predicted octanol–water partition coefficient (Wildman–Crippen LogP) is 3.02. The highest BCUT2D eigenvalue weighted by Gasteiger charge is 2.18. The van der Waals surface area contributed by atoms with E-state index in [0.717, 1.165) is 44.1 Å². The van der Waals surface area contributed by atoms with Crippen LogP contribution in [0.15, 0.2) is 0 Å². The van der Waals surface area contributed by atoms with Crippen LogP contribution in [0, 0.1) is 0 Å². The van der Waals surface area contributed by atoms with E-state index < -0.39 is 0 Å². The maximum absolute atomic E-state index is 6.18. The number of H-pyrrole nitrogens is 1. The van der Waals surface area contributed by atoms with Gasteiger partial charge in [-0.25, -0.2) is 4.98 Å². The molecule has 2 rings (SSSR count). The van der Waals surface area contributed by atoms with E-state index in [1.54, 1.807) is 0 Å². The molecule has 4 nitrogen and oxygen atoms in total. The predicted molar refractivity (Wildman–Crippen MR) is 77.5 cm³/mol. The quantitative estimate of drug-likeness (QED) is 0.837. The van der Waals surface area contributed by atoms with Gasteiger partial charge in [-0.1, -0.05) is 24.9 Å². The SMILES string of the molecule is CCCCc1nc(Cl)c(CN(C)C[C@@H]2CCCO2)[nH]1. The van der Waals surface area contributed by atoms with Gasteiger partial charge in [0, 0.05) is 26.1 Å². The van der Waals surface area contributed by atoms with E-state index in [1.807, 2.05) is 0 Å². The number of rotatable bonds is 7. The molecule has 0 aromatic carbocycles. The second kappa shape index (κ2) is 7.27. The minimum Gasteiger partial charge on any atom is -0.377 e. The number of ether oxygens (including phenoxy) is 1. The molecule has 1 saturated heterocycles. The van der Waals surface area contributed by atoms with E-state index in [1.165, 1.54) is 19.3 Å². The van der Waals surface area contributed by atoms with Gasteiger partial charge in [0.1, 0.15) is 5.82 Å². The zero-order valence-electron chi connectivity index (χ0n) is 11.9. The summed E-state index contributed by atoms with van der Waals surface area (Å²) in [6, 6.07) is 0. The molecule has 1 fully saturated rings. The summed E-state index contributed by atoms with van der Waals surface area (Å²) in [6.45, 7) is 4.85. The summed E-state index contributed by atoms with van der Waals surface area (Å²) >= 11 is 6.18. The molecule has 1 aromatic heterocycles. The summed E-state index contributed by atoms with van der Waals surface area (Å²) in [5, 5.41) is 0.616. The highest BCUT2D eigenvalue weighted by molar-refractivity contribution is 6.30. The van der Waals surface area contributed by atoms with Crippen molar-refractivity contribution in [2.45, 2.75) is 51.7 Å². The van der Waals surface area contributed by atoms with Gasteiger partial charge >= 0.3 is 0 Å². The van der Waals surface area contributed by atoms with Crippen LogP contribution < -0.4 is 0 Å². The fourth-order valence-electron chi connectivity index (χ4n) is 2.48. The van der Waals surface area contributed by atoms with Crippen LogP contribution in [-0.2, 0) is 17.7 Å². The van der Waals surface area contributed by atoms with Crippen LogP contribution in [0.2, 0.25) is 5.15 Å². The zero-order valence-corrected chi connectivity index (χ0v) is 12.7. The third-order valence-electron chi connectivity index (χ3n) is 3.51. The number of hydrogen-bond donors (Lipinski definition) is 1. The number of likely N-dealkylation sites (N-methyl/N-ethyl adjacent to an activating group) is 1. The topological polar surface area (TPSA) is 41.2 Å². The Morgan fingerprint density at radius 3 is 3.05 bits per heavy atom. The molecule has 0 spiro atoms. The van der Waals surface area contributed by atoms with Crippen LogP contribution >= 0.6 is 11.6 Å². The van der Waals surface area contributed by atoms with Crippen LogP contribution in [0.1, 0.15) is 44.1 Å². The van der Waals surface area contributed by atoms with Gasteiger partial charge in [0.05, 0.1) is 11.8 Å². The van der Waals surface area contributed by atoms with E-state index in [0.29, 0.717) is 11.3 Å². The Hall–Kier alpha value is -0.580. The largest absolute Gasteiger partial charge is 0.377 e. The number of aryl methyl sites for hydroxylation is 1. The Morgan fingerprint density at radius 1 is 1.53 bits per heavy atom. The van der Waals surface area contributed by atoms with Crippen molar-refractivity contribution in [2.75, 3.05) is 20.2 Å². The lowest BCUT2D eigenvalue weighted by Gasteiger charge is -2.19. The molecule has 0 saturated carbocycles. The van der Waals surface area contributed by atoms with Gasteiger partial charge in [-0.15, -0.1) is 0 Å². The number of aromatic nitrogens is 2. The number of nitrogens with one attached hydrogen (secondary N) is 1. The first-order chi connectivity index (χ1) is 9.19. The number of imidazole rings is 1. The highest BCUT2D eigenvalue weighted by atomic mass is 35.5. The highest BCUT2D eigenvalue weighted by Crippen LogP contribution is 2.18. The molecule has 1 N–H and O–H groups in total. The summed E-state index contributed by atoms with van der Waals surface area (Å²) in [7, 11) is 2.10. The summed E-state index contributed by atoms with van der Waals surface area (Å²) in [6.07, 6.45) is 6.03. The molecular formula is C14H24ClN3O. The van der Waals surface area contributed by atoms with E-state index >= 15 is 0 Å². The third kappa shape index (κ3) is 4.48. The maximum atomic E-state index is 6.18. The average molecular weight is 286 g/mol. The summed E-state index contributed by atoms with van der Waals surface area (Å²) in [5.41, 5.74) is 1.02. The number of nitrogens with zero attached hydrogens (tertiary/aromatic N) is 2. The number of unbranched alkanes of at least 4 members (excludes halogenated alkanes) is 1. The molecular weight excluding hydrogens is 262 g/mol. The second-order valence-electron chi connectivity index (χ2n) is 5.39. The minimum atomic E-state index is 0.381. The van der Waals surface area contributed by atoms with Crippen molar-refractivity contribution >= 4 is 11.6 Å². The van der Waals surface area contributed by atoms with Gasteiger partial charge in [0.15, 0.2) is 5.15 Å². The third-order valence-corrected chi connectivity index (χ3v) is 3.82. The van der Waals surface area contributed by atoms with Gasteiger partial charge in [0.25, 0.3) is 0 Å². The lowest BCUT2D eigenvalue weighted by molar-refractivity contribution is 0.0790. The van der Waals surface area contributed by atoms with E-state index in [-0.39, 0.29) is 0 Å². The summed E-state index contributed by atoms with van der Waals surface area (Å²) in [5.74, 6) is 1.01. The van der Waals surface area contributed by atoms with E-state index in [9.17, 15) is 0 Å². The molecule has 0 aliphatic carbocycles. The second-order valence-corrected chi connectivity index (χ2v) is 5.75. The maximum Gasteiger partial charge on any atom is 0.151 e. The Kier molecular flexibility index (Phi) is 5.67. The molecule has 1 aliphatic rings. The van der Waals surface area contributed by atoms with Gasteiger partial charge in [-0.2, -0.15) is 0 Å². The molecule has 1 aliphatic heterocycles. The molecule has 19 heavy (non-hydrogen) atoms. The molecule has 0 unspecified atom stereocenters. The lowest BCUT2D eigenvalue weighted by atomic mass is 10.2. The molecule has 5 heteroatoms. The molecule has 0 radical (unpaired) electrons. The van der Waals surface area contributed by atoms with Crippen molar-refractivity contribution in [2.24, 2.45) is 0 Å². The van der Waals surface area contributed by atoms with Crippen molar-refractivity contribution < 1.29 is 4.74 Å². The standard InChI is InChI=1S/C14H24ClN3O/c1-3-4-7-13-16-12(14(15)17-13)10-18(2)9-11-6-5-8-19-11/h11H,3-10H2,1-2H3,(H,16,17)/t11-/m0/s1. The van der Waals surface area contributed by atoms with Crippen LogP contribution in [-0.4, -0.2) is 41.2 Å². The first-order valence-corrected chi connectivity index (χ1v) is 7.60. The normalized spacial score (nSPS) is 19.5. The number of halogens is 1. The van der Waals surface area contributed by atoms with Gasteiger partial charge in [0.2, 0.25) is 0 Å². The monoisotopic (exact) mass is 285 g/mol. The van der Waals surface area contributed by atoms with Crippen LogP contribution in [0.5, 0.6) is 0 Å². The average Bonchev–Trinajstić information content (AvgIpc) is 2.98. The lowest BCUT2D eigenvalue weighted by Crippen LogP contribution is -2.28. The Labute approximate surface area is 120 Å². The number of aromatic amines is 1. The van der Waals surface area contributed by atoms with Gasteiger partial charge in [-0.05, 0) is 26.3 Å². The fourth-order valence-corrected chi connectivity index (χ4v) is 2.69. The van der Waals surface area contributed by atoms with Crippen molar-refractivity contribution in [1.82, 2.24) is 14.9 Å². The molecule has 2 heterocycles. The summed E-state index contributed by atoms with van der Waals surface area (Å²) < 4.78 is 5.65. The smallest absolute Gasteiger partial charge is 0.151 e. The molecule has 0 bridgehead atoms. The molecule has 0 amide bonds. The first kappa shape index (κ1) is 14.8. The van der Waals surface area contributed by atoms with Crippen LogP contribution in [0.25, 0.3) is 0 Å². The fraction of sp³-hybridized carbons (Fsp3) is 0.786. The minimum absolute atomic E-state index is 0.381. The zero-order chi connectivity index (χ0) is 13.7. The van der Waals surface area contributed by atoms with E-state index in [2.05, 4.69) is 28.8 Å². The van der Waals surface area contributed by atoms with Gasteiger partial charge in [-0.3, -0.25) is 4.90 Å². The molecule has 1 atom stereocenters. The van der Waals surface area contributed by atoms with Crippen molar-refractivity contribution in [3.05, 3.63) is 16.7 Å². The molecule has 108 valence electrons. The summed E-state index contributed by atoms with van der Waals surface area (Å²) in [4.78, 5) is 9.98. The van der Waals surface area contributed by atoms with Crippen molar-refractivity contribution in [3.63, 3.8) is 0 Å². The van der Waals surface area contributed by atoms with E-state index in [4.69, 9.17) is 16.3 Å². The van der Waals surface area contributed by atoms with Crippen LogP contribution in [0.4, 0.5) is 0 Å². The number of hydrogen-bond acceptors (Lipinski definition) is 3. The van der Waals surface area contributed by atoms with Gasteiger partial charge < -0.3 is 9.72 Å². The Bertz CT molecular complexity index is 388. The van der Waals surface area contributed by atoms with Crippen molar-refractivity contribution in [1.29, 1.82) is 0 Å². The Morgan fingerprint density at radius 2 is 2.37 bits per heavy atom. The molecule has 1 aromatic rings. The Balaban J connectivity index is 1.84. The van der Waals surface area contributed by atoms with Crippen LogP contribution in [0.3, 0.4) is 0 Å².